The van der Waals surface area contributed by atoms with Crippen LogP contribution in [-0.4, -0.2) is 6.54 Å². The molecule has 0 fully saturated rings. The van der Waals surface area contributed by atoms with Gasteiger partial charge in [0.15, 0.2) is 0 Å². The first-order valence-corrected chi connectivity index (χ1v) is 6.78. The summed E-state index contributed by atoms with van der Waals surface area (Å²) in [7, 11) is 0. The van der Waals surface area contributed by atoms with Crippen LogP contribution in [0, 0.1) is 25.5 Å². The molecule has 0 spiro atoms. The number of nitrogens with one attached hydrogen (secondary N) is 1. The van der Waals surface area contributed by atoms with Crippen molar-refractivity contribution in [3.63, 3.8) is 0 Å². The van der Waals surface area contributed by atoms with E-state index < -0.39 is 11.6 Å². The van der Waals surface area contributed by atoms with Gasteiger partial charge in [0, 0.05) is 11.6 Å². The normalized spacial score (nSPS) is 12.4. The van der Waals surface area contributed by atoms with Crippen LogP contribution >= 0.6 is 0 Å². The van der Waals surface area contributed by atoms with E-state index in [4.69, 9.17) is 0 Å². The summed E-state index contributed by atoms with van der Waals surface area (Å²) in [4.78, 5) is 0. The number of halogens is 2. The Labute approximate surface area is 118 Å². The lowest BCUT2D eigenvalue weighted by molar-refractivity contribution is 0.540. The third-order valence-electron chi connectivity index (χ3n) is 3.42. The van der Waals surface area contributed by atoms with Gasteiger partial charge in [-0.25, -0.2) is 8.78 Å². The highest BCUT2D eigenvalue weighted by molar-refractivity contribution is 5.39. The average molecular weight is 275 g/mol. The van der Waals surface area contributed by atoms with Gasteiger partial charge in [-0.1, -0.05) is 36.8 Å². The maximum atomic E-state index is 14.0. The Hall–Kier alpha value is -1.74. The fraction of sp³-hybridized carbons (Fsp3) is 0.294. The number of benzene rings is 2. The zero-order valence-corrected chi connectivity index (χ0v) is 12.0. The molecule has 1 nitrogen and oxygen atoms in total. The van der Waals surface area contributed by atoms with Gasteiger partial charge < -0.3 is 5.32 Å². The first-order chi connectivity index (χ1) is 9.52. The number of hydrogen-bond acceptors (Lipinski definition) is 1. The molecule has 0 aliphatic carbocycles. The average Bonchev–Trinajstić information content (AvgIpc) is 2.37. The van der Waals surface area contributed by atoms with E-state index in [1.54, 1.807) is 0 Å². The van der Waals surface area contributed by atoms with Gasteiger partial charge in [0.2, 0.25) is 0 Å². The minimum absolute atomic E-state index is 0.263. The summed E-state index contributed by atoms with van der Waals surface area (Å²) in [6, 6.07) is 9.56. The Kier molecular flexibility index (Phi) is 4.50. The molecule has 2 rings (SSSR count). The fourth-order valence-corrected chi connectivity index (χ4v) is 2.48. The van der Waals surface area contributed by atoms with E-state index in [-0.39, 0.29) is 6.04 Å². The molecule has 3 heteroatoms. The maximum absolute atomic E-state index is 14.0. The third-order valence-corrected chi connectivity index (χ3v) is 3.42. The highest BCUT2D eigenvalue weighted by atomic mass is 19.1. The number of rotatable bonds is 4. The van der Waals surface area contributed by atoms with E-state index in [0.29, 0.717) is 12.1 Å². The third kappa shape index (κ3) is 3.05. The summed E-state index contributed by atoms with van der Waals surface area (Å²) in [5.74, 6) is -1.07. The van der Waals surface area contributed by atoms with Crippen LogP contribution in [0.2, 0.25) is 0 Å². The maximum Gasteiger partial charge on any atom is 0.131 e. The first-order valence-electron chi connectivity index (χ1n) is 6.78. The minimum Gasteiger partial charge on any atom is -0.306 e. The lowest BCUT2D eigenvalue weighted by Gasteiger charge is -2.22. The topological polar surface area (TPSA) is 12.0 Å². The molecule has 0 heterocycles. The monoisotopic (exact) mass is 275 g/mol. The molecular formula is C17H19F2N. The summed E-state index contributed by atoms with van der Waals surface area (Å²) in [5, 5.41) is 3.27. The Morgan fingerprint density at radius 1 is 1.00 bits per heavy atom. The molecule has 0 saturated heterocycles. The molecule has 0 saturated carbocycles. The molecule has 0 amide bonds. The Bertz CT molecular complexity index is 556. The zero-order valence-electron chi connectivity index (χ0n) is 12.0. The van der Waals surface area contributed by atoms with E-state index in [1.165, 1.54) is 17.7 Å². The van der Waals surface area contributed by atoms with Crippen LogP contribution in [0.3, 0.4) is 0 Å². The van der Waals surface area contributed by atoms with E-state index >= 15 is 0 Å². The zero-order chi connectivity index (χ0) is 14.7. The smallest absolute Gasteiger partial charge is 0.131 e. The van der Waals surface area contributed by atoms with Crippen molar-refractivity contribution in [3.8, 4) is 0 Å². The van der Waals surface area contributed by atoms with Crippen molar-refractivity contribution in [2.24, 2.45) is 0 Å². The summed E-state index contributed by atoms with van der Waals surface area (Å²) in [5.41, 5.74) is 3.75. The van der Waals surface area contributed by atoms with Gasteiger partial charge in [-0.2, -0.15) is 0 Å². The van der Waals surface area contributed by atoms with Crippen LogP contribution in [0.1, 0.15) is 35.2 Å². The fourth-order valence-electron chi connectivity index (χ4n) is 2.48. The molecule has 0 bridgehead atoms. The minimum atomic E-state index is -0.554. The predicted octanol–water partition coefficient (Wildman–Crippen LogP) is 4.28. The molecule has 0 radical (unpaired) electrons. The molecule has 0 aliphatic heterocycles. The van der Waals surface area contributed by atoms with Crippen molar-refractivity contribution in [2.75, 3.05) is 6.54 Å². The highest BCUT2D eigenvalue weighted by Gasteiger charge is 2.19. The van der Waals surface area contributed by atoms with E-state index in [1.807, 2.05) is 32.9 Å². The van der Waals surface area contributed by atoms with Crippen LogP contribution in [-0.2, 0) is 0 Å². The van der Waals surface area contributed by atoms with Gasteiger partial charge in [-0.05, 0) is 37.6 Å². The summed E-state index contributed by atoms with van der Waals surface area (Å²) < 4.78 is 27.1. The van der Waals surface area contributed by atoms with E-state index in [9.17, 15) is 8.78 Å². The molecule has 0 aromatic heterocycles. The van der Waals surface area contributed by atoms with Crippen LogP contribution in [0.25, 0.3) is 0 Å². The Morgan fingerprint density at radius 3 is 2.30 bits per heavy atom. The Morgan fingerprint density at radius 2 is 1.70 bits per heavy atom. The van der Waals surface area contributed by atoms with E-state index in [0.717, 1.165) is 17.2 Å². The second-order valence-corrected chi connectivity index (χ2v) is 5.02. The van der Waals surface area contributed by atoms with Gasteiger partial charge in [-0.3, -0.25) is 0 Å². The van der Waals surface area contributed by atoms with Crippen molar-refractivity contribution in [1.29, 1.82) is 0 Å². The molecule has 2 aromatic carbocycles. The lowest BCUT2D eigenvalue weighted by Crippen LogP contribution is -2.24. The molecule has 2 aromatic rings. The van der Waals surface area contributed by atoms with Gasteiger partial charge in [0.05, 0.1) is 6.04 Å². The van der Waals surface area contributed by atoms with Gasteiger partial charge in [0.25, 0.3) is 0 Å². The summed E-state index contributed by atoms with van der Waals surface area (Å²) in [6.45, 7) is 6.71. The van der Waals surface area contributed by atoms with Crippen LogP contribution < -0.4 is 5.32 Å². The second-order valence-electron chi connectivity index (χ2n) is 5.02. The first kappa shape index (κ1) is 14.7. The van der Waals surface area contributed by atoms with Crippen molar-refractivity contribution < 1.29 is 8.78 Å². The van der Waals surface area contributed by atoms with E-state index in [2.05, 4.69) is 11.4 Å². The lowest BCUT2D eigenvalue weighted by atomic mass is 9.93. The second kappa shape index (κ2) is 6.14. The molecular weight excluding hydrogens is 256 g/mol. The van der Waals surface area contributed by atoms with Crippen molar-refractivity contribution >= 4 is 0 Å². The molecule has 1 atom stereocenters. The molecule has 1 unspecified atom stereocenters. The highest BCUT2D eigenvalue weighted by Crippen LogP contribution is 2.27. The van der Waals surface area contributed by atoms with Crippen molar-refractivity contribution in [1.82, 2.24) is 5.32 Å². The number of hydrogen-bond donors (Lipinski definition) is 1. The SMILES string of the molecule is CCNC(c1ccc(C)cc1C)c1ccc(F)cc1F. The van der Waals surface area contributed by atoms with Crippen LogP contribution in [0.15, 0.2) is 36.4 Å². The van der Waals surface area contributed by atoms with Crippen molar-refractivity contribution in [2.45, 2.75) is 26.8 Å². The predicted molar refractivity (Wildman–Crippen MR) is 77.8 cm³/mol. The van der Waals surface area contributed by atoms with Crippen LogP contribution in [0.4, 0.5) is 8.78 Å². The molecule has 20 heavy (non-hydrogen) atoms. The molecule has 106 valence electrons. The largest absolute Gasteiger partial charge is 0.306 e. The summed E-state index contributed by atoms with van der Waals surface area (Å²) in [6.07, 6.45) is 0. The van der Waals surface area contributed by atoms with Gasteiger partial charge >= 0.3 is 0 Å². The summed E-state index contributed by atoms with van der Waals surface area (Å²) >= 11 is 0. The molecule has 1 N–H and O–H groups in total. The molecule has 0 aliphatic rings. The van der Waals surface area contributed by atoms with Gasteiger partial charge in [0.1, 0.15) is 11.6 Å². The standard InChI is InChI=1S/C17H19F2N/c1-4-20-17(14-7-5-11(2)9-12(14)3)15-8-6-13(18)10-16(15)19/h5-10,17,20H,4H2,1-3H3. The van der Waals surface area contributed by atoms with Gasteiger partial charge in [-0.15, -0.1) is 0 Å². The Balaban J connectivity index is 2.50. The van der Waals surface area contributed by atoms with Crippen molar-refractivity contribution in [3.05, 3.63) is 70.3 Å². The quantitative estimate of drug-likeness (QED) is 0.878. The van der Waals surface area contributed by atoms with Crippen LogP contribution in [0.5, 0.6) is 0 Å². The number of aryl methyl sites for hydroxylation is 2.